The smallest absolute Gasteiger partial charge is 0.402 e. The molecule has 2 aromatic rings. The summed E-state index contributed by atoms with van der Waals surface area (Å²) in [6.07, 6.45) is 0.397. The zero-order valence-corrected chi connectivity index (χ0v) is 19.7. The summed E-state index contributed by atoms with van der Waals surface area (Å²) in [5.41, 5.74) is 7.85. The van der Waals surface area contributed by atoms with Crippen LogP contribution in [0.1, 0.15) is 50.8 Å². The van der Waals surface area contributed by atoms with Crippen LogP contribution in [0.3, 0.4) is 0 Å². The number of hydrogen-bond acceptors (Lipinski definition) is 6. The van der Waals surface area contributed by atoms with Crippen molar-refractivity contribution in [1.82, 2.24) is 24.6 Å². The highest BCUT2D eigenvalue weighted by molar-refractivity contribution is 5.64. The highest BCUT2D eigenvalue weighted by atomic mass is 19.4. The molecule has 7 nitrogen and oxygen atoms in total. The van der Waals surface area contributed by atoms with Crippen LogP contribution in [-0.2, 0) is 0 Å². The lowest BCUT2D eigenvalue weighted by Gasteiger charge is -2.37. The van der Waals surface area contributed by atoms with Gasteiger partial charge in [-0.15, -0.1) is 13.2 Å². The molecule has 0 spiro atoms. The van der Waals surface area contributed by atoms with Gasteiger partial charge < -0.3 is 15.4 Å². The molecule has 0 amide bonds. The van der Waals surface area contributed by atoms with Crippen LogP contribution in [0.5, 0.6) is 5.75 Å². The van der Waals surface area contributed by atoms with Gasteiger partial charge >= 0.3 is 6.36 Å². The third kappa shape index (κ3) is 3.66. The largest absolute Gasteiger partial charge is 0.573 e. The molecule has 2 saturated carbocycles. The minimum Gasteiger partial charge on any atom is -0.402 e. The summed E-state index contributed by atoms with van der Waals surface area (Å²) in [7, 11) is 2.24. The Labute approximate surface area is 197 Å². The average molecular weight is 477 g/mol. The number of ether oxygens (including phenoxy) is 1. The van der Waals surface area contributed by atoms with Crippen molar-refractivity contribution in [3.05, 3.63) is 24.0 Å². The Hall–Kier alpha value is -2.33. The minimum atomic E-state index is -4.83. The van der Waals surface area contributed by atoms with Crippen molar-refractivity contribution in [2.45, 2.75) is 69.6 Å². The first-order valence-electron chi connectivity index (χ1n) is 12.2. The molecule has 4 fully saturated rings. The molecule has 2 N–H and O–H groups in total. The first-order chi connectivity index (χ1) is 16.1. The van der Waals surface area contributed by atoms with Gasteiger partial charge in [0, 0.05) is 60.6 Å². The molecule has 6 rings (SSSR count). The van der Waals surface area contributed by atoms with E-state index >= 15 is 0 Å². The molecule has 2 aromatic heterocycles. The molecule has 2 aliphatic heterocycles. The zero-order valence-electron chi connectivity index (χ0n) is 19.7. The quantitative estimate of drug-likeness (QED) is 0.706. The number of alkyl halides is 3. The third-order valence-corrected chi connectivity index (χ3v) is 8.44. The van der Waals surface area contributed by atoms with Crippen LogP contribution >= 0.6 is 0 Å². The van der Waals surface area contributed by atoms with Crippen molar-refractivity contribution in [3.8, 4) is 17.0 Å². The van der Waals surface area contributed by atoms with E-state index in [-0.39, 0.29) is 11.9 Å². The van der Waals surface area contributed by atoms with Crippen molar-refractivity contribution in [3.63, 3.8) is 0 Å². The molecule has 184 valence electrons. The Morgan fingerprint density at radius 3 is 2.38 bits per heavy atom. The lowest BCUT2D eigenvalue weighted by Crippen LogP contribution is -2.48. The summed E-state index contributed by atoms with van der Waals surface area (Å²) in [5, 5.41) is 4.75. The second-order valence-corrected chi connectivity index (χ2v) is 10.8. The molecule has 2 bridgehead atoms. The molecule has 4 aliphatic rings. The molecule has 2 unspecified atom stereocenters. The van der Waals surface area contributed by atoms with Crippen LogP contribution in [0.25, 0.3) is 11.3 Å². The van der Waals surface area contributed by atoms with Gasteiger partial charge in [-0.2, -0.15) is 5.10 Å². The van der Waals surface area contributed by atoms with E-state index in [1.165, 1.54) is 50.3 Å². The summed E-state index contributed by atoms with van der Waals surface area (Å²) < 4.78 is 44.4. The number of likely N-dealkylation sites (tertiary alicyclic amines) is 2. The van der Waals surface area contributed by atoms with E-state index in [0.717, 1.165) is 12.1 Å². The van der Waals surface area contributed by atoms with Gasteiger partial charge in [0.1, 0.15) is 0 Å². The number of nitrogens with two attached hydrogens (primary N) is 1. The maximum atomic E-state index is 12.8. The molecule has 4 heterocycles. The Bertz CT molecular complexity index is 1090. The maximum absolute atomic E-state index is 12.8. The standard InChI is InChI=1S/C24H31F3N6O/c1-12(2)33-20(8-19(30-33)13-4-21(23(28)29-9-13)34-24(25,26)27)22-17-6-14(7-18(17)22)32-11-15-5-16(32)10-31(15)3/h4,8-9,12,14-18,22H,5-7,10-11H2,1-3H3,(H2,28,29)/t14?,15-,16-,17-,18+,22?/m0/s1. The van der Waals surface area contributed by atoms with Gasteiger partial charge in [-0.05, 0) is 64.1 Å². The Morgan fingerprint density at radius 2 is 1.79 bits per heavy atom. The first kappa shape index (κ1) is 22.2. The summed E-state index contributed by atoms with van der Waals surface area (Å²) in [6.45, 7) is 6.56. The van der Waals surface area contributed by atoms with Gasteiger partial charge in [0.25, 0.3) is 0 Å². The second kappa shape index (κ2) is 7.58. The van der Waals surface area contributed by atoms with Crippen LogP contribution in [0.15, 0.2) is 18.3 Å². The summed E-state index contributed by atoms with van der Waals surface area (Å²) in [6, 6.07) is 5.58. The van der Waals surface area contributed by atoms with Crippen LogP contribution in [0.2, 0.25) is 0 Å². The highest BCUT2D eigenvalue weighted by Gasteiger charge is 2.60. The molecule has 0 radical (unpaired) electrons. The summed E-state index contributed by atoms with van der Waals surface area (Å²) >= 11 is 0. The predicted octanol–water partition coefficient (Wildman–Crippen LogP) is 3.89. The minimum absolute atomic E-state index is 0.151. The number of likely N-dealkylation sites (N-methyl/N-ethyl adjacent to an activating group) is 1. The van der Waals surface area contributed by atoms with E-state index in [4.69, 9.17) is 10.8 Å². The molecular weight excluding hydrogens is 445 g/mol. The predicted molar refractivity (Wildman–Crippen MR) is 121 cm³/mol. The number of halogens is 3. The Morgan fingerprint density at radius 1 is 1.06 bits per heavy atom. The molecule has 2 aliphatic carbocycles. The molecule has 0 aromatic carbocycles. The van der Waals surface area contributed by atoms with Crippen LogP contribution in [0, 0.1) is 11.8 Å². The highest BCUT2D eigenvalue weighted by Crippen LogP contribution is 2.64. The van der Waals surface area contributed by atoms with Gasteiger partial charge in [0.15, 0.2) is 11.6 Å². The molecule has 2 saturated heterocycles. The Kier molecular flexibility index (Phi) is 4.94. The number of piperazine rings is 1. The van der Waals surface area contributed by atoms with E-state index in [0.29, 0.717) is 35.1 Å². The van der Waals surface area contributed by atoms with Crippen LogP contribution in [0.4, 0.5) is 19.0 Å². The van der Waals surface area contributed by atoms with Crippen molar-refractivity contribution in [2.24, 2.45) is 11.8 Å². The number of rotatable bonds is 5. The van der Waals surface area contributed by atoms with Crippen LogP contribution < -0.4 is 10.5 Å². The lowest BCUT2D eigenvalue weighted by molar-refractivity contribution is -0.274. The summed E-state index contributed by atoms with van der Waals surface area (Å²) in [4.78, 5) is 9.18. The number of nitrogen functional groups attached to an aromatic ring is 1. The normalized spacial score (nSPS) is 33.1. The number of pyridine rings is 1. The van der Waals surface area contributed by atoms with Gasteiger partial charge in [0.2, 0.25) is 0 Å². The molecular formula is C24H31F3N6O. The second-order valence-electron chi connectivity index (χ2n) is 10.8. The van der Waals surface area contributed by atoms with Crippen LogP contribution in [-0.4, -0.2) is 69.2 Å². The number of nitrogens with zero attached hydrogens (tertiary/aromatic N) is 5. The lowest BCUT2D eigenvalue weighted by atomic mass is 10.0. The average Bonchev–Trinajstić information content (AvgIpc) is 3.28. The fraction of sp³-hybridized carbons (Fsp3) is 0.667. The molecule has 34 heavy (non-hydrogen) atoms. The van der Waals surface area contributed by atoms with Crippen molar-refractivity contribution >= 4 is 5.82 Å². The van der Waals surface area contributed by atoms with Gasteiger partial charge in [-0.25, -0.2) is 4.98 Å². The van der Waals surface area contributed by atoms with E-state index in [2.05, 4.69) is 40.4 Å². The Balaban J connectivity index is 1.21. The number of fused-ring (bicyclic) bond motifs is 3. The van der Waals surface area contributed by atoms with Crippen molar-refractivity contribution in [2.75, 3.05) is 25.9 Å². The fourth-order valence-electron chi connectivity index (χ4n) is 6.88. The molecule has 10 heteroatoms. The number of hydrogen-bond donors (Lipinski definition) is 1. The van der Waals surface area contributed by atoms with E-state index in [1.807, 2.05) is 10.7 Å². The third-order valence-electron chi connectivity index (χ3n) is 8.44. The monoisotopic (exact) mass is 476 g/mol. The van der Waals surface area contributed by atoms with Crippen molar-refractivity contribution < 1.29 is 17.9 Å². The van der Waals surface area contributed by atoms with Crippen molar-refractivity contribution in [1.29, 1.82) is 0 Å². The van der Waals surface area contributed by atoms with E-state index in [9.17, 15) is 13.2 Å². The number of anilines is 1. The van der Waals surface area contributed by atoms with E-state index in [1.54, 1.807) is 0 Å². The zero-order chi connectivity index (χ0) is 23.9. The molecule has 6 atom stereocenters. The first-order valence-corrected chi connectivity index (χ1v) is 12.2. The van der Waals surface area contributed by atoms with Gasteiger partial charge in [-0.3, -0.25) is 9.58 Å². The number of aromatic nitrogens is 3. The van der Waals surface area contributed by atoms with Gasteiger partial charge in [0.05, 0.1) is 5.69 Å². The maximum Gasteiger partial charge on any atom is 0.573 e. The topological polar surface area (TPSA) is 72.4 Å². The SMILES string of the molecule is CC(C)n1nc(-c2cnc(N)c(OC(F)(F)F)c2)cc1C1[C@H]2CC(N3C[C@@H]4C[C@H]3CN4C)C[C@@H]12. The van der Waals surface area contributed by atoms with E-state index < -0.39 is 12.1 Å². The van der Waals surface area contributed by atoms with Gasteiger partial charge in [-0.1, -0.05) is 0 Å². The fourth-order valence-corrected chi connectivity index (χ4v) is 6.88. The summed E-state index contributed by atoms with van der Waals surface area (Å²) in [5.74, 6) is 1.00.